The van der Waals surface area contributed by atoms with Gasteiger partial charge in [0.2, 0.25) is 11.8 Å². The highest BCUT2D eigenvalue weighted by atomic mass is 31.3. The van der Waals surface area contributed by atoms with Gasteiger partial charge in [-0.3, -0.25) is 23.2 Å². The van der Waals surface area contributed by atoms with Crippen molar-refractivity contribution in [1.82, 2.24) is 10.6 Å². The van der Waals surface area contributed by atoms with Crippen molar-refractivity contribution in [2.75, 3.05) is 52.9 Å². The van der Waals surface area contributed by atoms with E-state index in [1.54, 1.807) is 0 Å². The maximum atomic E-state index is 13.4. The lowest BCUT2D eigenvalue weighted by molar-refractivity contribution is -0.407. The second kappa shape index (κ2) is 46.7. The standard InChI is InChI=1S/C71H122N2O42P2/c1-30(2)13-9-14-31(3)15-10-16-32(4)17-11-18-33(5)19-12-20-34(6)21-22-101-116(96,97)115-117(98,99)114-66-45(73-36(8)81)52(88)60(42(28-79)107-66)109-65-44(72-35(7)80)51(87)61(41(27-78)106-65)110-69-59(95)62(50(86)43(108-69)29-100-67-57(93)53(89)46(82)37(23-74)102-67)111-70-64(56(92)49(85)39(25-76)104-70)113-71-63(55(91)48(84)40(26-77)105-71)112-68-58(94)54(90)47(83)38(24-75)103-68/h13,15,17,19,34,37-71,74-79,82-95H,9-12,14,16,18,20-29H2,1-8H3,(H,72,80)(H,73,81)(H,96,97)(H,98,99)/p-2/b31-15+,32-17+,33-19-/t34?,37-,38-,39-,40-,41-,42-,43-,44-,45-,46-,47-,48-,49-,50-,51-,52-,53+,54+,55+,56+,57+,58+,59+,60-,61-,62+,63+,64+,65+,66-,67+,68-,69+,70-,71-/m1/s1. The van der Waals surface area contributed by atoms with Crippen molar-refractivity contribution in [3.63, 3.8) is 0 Å². The lowest BCUT2D eigenvalue weighted by atomic mass is 9.94. The number of phosphoric acid groups is 2. The Morgan fingerprint density at radius 1 is 0.376 bits per heavy atom. The topological polar surface area (TPSA) is 691 Å². The fourth-order valence-corrected chi connectivity index (χ4v) is 16.2. The normalized spacial score (nSPS) is 41.4. The van der Waals surface area contributed by atoms with Crippen LogP contribution in [0.5, 0.6) is 0 Å². The van der Waals surface area contributed by atoms with Gasteiger partial charge in [0.05, 0.1) is 52.9 Å². The first-order valence-electron chi connectivity index (χ1n) is 38.6. The molecule has 3 unspecified atom stereocenters. The number of carbonyl (C=O) groups excluding carboxylic acids is 2. The maximum Gasteiger partial charge on any atom is 0.276 e. The van der Waals surface area contributed by atoms with Crippen molar-refractivity contribution >= 4 is 27.5 Å². The summed E-state index contributed by atoms with van der Waals surface area (Å²) in [6.07, 6.45) is -54.6. The minimum Gasteiger partial charge on any atom is -0.756 e. The highest BCUT2D eigenvalue weighted by Gasteiger charge is 2.60. The van der Waals surface area contributed by atoms with E-state index in [2.05, 4.69) is 66.9 Å². The minimum atomic E-state index is -6.18. The molecule has 0 aromatic heterocycles. The number of amides is 2. The van der Waals surface area contributed by atoms with Crippen LogP contribution in [0.15, 0.2) is 46.6 Å². The molecule has 2 amide bonds. The van der Waals surface area contributed by atoms with Crippen LogP contribution in [0.25, 0.3) is 0 Å². The fourth-order valence-electron chi connectivity index (χ4n) is 14.1. The van der Waals surface area contributed by atoms with Crippen LogP contribution in [-0.2, 0) is 93.7 Å². The Kier molecular flexibility index (Phi) is 40.3. The minimum absolute atomic E-state index is 0.118. The van der Waals surface area contributed by atoms with Gasteiger partial charge in [-0.15, -0.1) is 0 Å². The van der Waals surface area contributed by atoms with Crippen LogP contribution >= 0.6 is 15.6 Å². The highest BCUT2D eigenvalue weighted by molar-refractivity contribution is 7.59. The third-order valence-electron chi connectivity index (χ3n) is 20.9. The molecular weight excluding hydrogens is 1610 g/mol. The summed E-state index contributed by atoms with van der Waals surface area (Å²) in [5, 5.41) is 225. The van der Waals surface area contributed by atoms with E-state index in [4.69, 9.17) is 70.6 Å². The van der Waals surface area contributed by atoms with Crippen molar-refractivity contribution < 1.29 is 206 Å². The summed E-state index contributed by atoms with van der Waals surface area (Å²) in [7, 11) is -12.0. The van der Waals surface area contributed by atoms with Gasteiger partial charge in [-0.2, -0.15) is 0 Å². The lowest BCUT2D eigenvalue weighted by Crippen LogP contribution is -2.70. The fraction of sp³-hybridized carbons (Fsp3) is 0.859. The Morgan fingerprint density at radius 2 is 0.735 bits per heavy atom. The molecule has 7 aliphatic heterocycles. The first-order chi connectivity index (χ1) is 55.1. The van der Waals surface area contributed by atoms with E-state index >= 15 is 0 Å². The monoisotopic (exact) mass is 1730 g/mol. The quantitative estimate of drug-likeness (QED) is 0.0200. The Balaban J connectivity index is 1.06. The Morgan fingerprint density at radius 3 is 1.20 bits per heavy atom. The third-order valence-corrected chi connectivity index (χ3v) is 23.5. The first-order valence-corrected chi connectivity index (χ1v) is 41.5. The molecule has 117 heavy (non-hydrogen) atoms. The molecule has 7 saturated heterocycles. The molecule has 7 rings (SSSR count). The third kappa shape index (κ3) is 27.7. The van der Waals surface area contributed by atoms with E-state index in [-0.39, 0.29) is 12.3 Å². The molecular formula is C71H120N2O42P2-2. The molecule has 0 radical (unpaired) electrons. The van der Waals surface area contributed by atoms with E-state index in [0.29, 0.717) is 12.8 Å². The predicted molar refractivity (Wildman–Crippen MR) is 388 cm³/mol. The average molecular weight is 1740 g/mol. The molecule has 44 nitrogen and oxygen atoms in total. The first kappa shape index (κ1) is 101. The number of ether oxygens (including phenoxy) is 13. The zero-order chi connectivity index (χ0) is 86.8. The average Bonchev–Trinajstić information content (AvgIpc) is 0.761. The van der Waals surface area contributed by atoms with E-state index < -0.39 is 295 Å². The number of aliphatic hydroxyl groups excluding tert-OH is 20. The molecule has 46 heteroatoms. The van der Waals surface area contributed by atoms with Crippen molar-refractivity contribution in [2.24, 2.45) is 5.92 Å². The van der Waals surface area contributed by atoms with Crippen molar-refractivity contribution in [1.29, 1.82) is 0 Å². The number of allylic oxidation sites excluding steroid dienone is 8. The van der Waals surface area contributed by atoms with Gasteiger partial charge in [0, 0.05) is 13.8 Å². The number of nitrogens with one attached hydrogen (secondary N) is 2. The summed E-state index contributed by atoms with van der Waals surface area (Å²) in [4.78, 5) is 52.3. The predicted octanol–water partition coefficient (Wildman–Crippen LogP) is -8.04. The zero-order valence-electron chi connectivity index (χ0n) is 65.9. The van der Waals surface area contributed by atoms with E-state index in [1.165, 1.54) is 22.3 Å². The number of hydrogen-bond acceptors (Lipinski definition) is 42. The molecule has 7 fully saturated rings. The van der Waals surface area contributed by atoms with Gasteiger partial charge in [0.25, 0.3) is 15.6 Å². The summed E-state index contributed by atoms with van der Waals surface area (Å²) >= 11 is 0. The van der Waals surface area contributed by atoms with E-state index in [1.807, 2.05) is 13.8 Å². The van der Waals surface area contributed by atoms with E-state index in [9.17, 15) is 131 Å². The van der Waals surface area contributed by atoms with Gasteiger partial charge >= 0.3 is 0 Å². The molecule has 0 aromatic rings. The second-order valence-electron chi connectivity index (χ2n) is 30.5. The Labute approximate surface area is 674 Å². The smallest absolute Gasteiger partial charge is 0.276 e. The molecule has 0 saturated carbocycles. The number of rotatable bonds is 41. The molecule has 22 N–H and O–H groups in total. The second-order valence-corrected chi connectivity index (χ2v) is 33.4. The van der Waals surface area contributed by atoms with Crippen LogP contribution in [0.3, 0.4) is 0 Å². The zero-order valence-corrected chi connectivity index (χ0v) is 67.7. The highest BCUT2D eigenvalue weighted by Crippen LogP contribution is 2.57. The summed E-state index contributed by atoms with van der Waals surface area (Å²) in [6.45, 7) is 5.82. The van der Waals surface area contributed by atoms with Crippen molar-refractivity contribution in [3.8, 4) is 0 Å². The summed E-state index contributed by atoms with van der Waals surface area (Å²) < 4.78 is 117. The molecule has 0 aromatic carbocycles. The SMILES string of the molecule is CC(=O)N[C@H]1[C@H](O[C@H]2[C@H](O)[C@@H](NC(C)=O)[C@@H](OP(=O)([O-])OP(=O)([O-])OCCC(C)CC/C=C(/C)CC/C=C(\C)CC/C=C(\C)CCC=C(C)C)O[C@@H]2CO)O[C@H](CO)[C@@H](O[C@@H]2O[C@H](CO[C@H]3O[C@H](CO)[C@@H](O)[C@H](O)[C@@H]3O)[C@@H](O)[C@H](O[C@H]3O[C@H](CO)[C@@H](O)[C@H](O)[C@@H]3O[C@H]3O[C@H](CO)[C@@H](O)[C@H](O)[C@@H]3O[C@H]3O[C@H](CO)[C@@H](O)[C@H](O)[C@@H]3O)[C@@H]2O)[C@@H]1O. The molecule has 0 aliphatic carbocycles. The van der Waals surface area contributed by atoms with Crippen LogP contribution < -0.4 is 20.4 Å². The van der Waals surface area contributed by atoms with Crippen LogP contribution in [0.4, 0.5) is 0 Å². The summed E-state index contributed by atoms with van der Waals surface area (Å²) in [5.41, 5.74) is 5.14. The number of hydrogen-bond donors (Lipinski definition) is 22. The van der Waals surface area contributed by atoms with Gasteiger partial charge < -0.3 is 189 Å². The van der Waals surface area contributed by atoms with E-state index in [0.717, 1.165) is 52.4 Å². The summed E-state index contributed by atoms with van der Waals surface area (Å²) in [6, 6.07) is -4.12. The van der Waals surface area contributed by atoms with Gasteiger partial charge in [-0.25, -0.2) is 4.31 Å². The Hall–Kier alpha value is -3.16. The van der Waals surface area contributed by atoms with Crippen LogP contribution in [0, 0.1) is 5.92 Å². The molecule has 7 aliphatic rings. The number of phosphoric ester groups is 2. The van der Waals surface area contributed by atoms with Gasteiger partial charge in [-0.05, 0) is 98.3 Å². The van der Waals surface area contributed by atoms with Crippen molar-refractivity contribution in [3.05, 3.63) is 46.6 Å². The van der Waals surface area contributed by atoms with Crippen molar-refractivity contribution in [2.45, 2.75) is 328 Å². The Bertz CT molecular complexity index is 3270. The molecule has 0 bridgehead atoms. The largest absolute Gasteiger partial charge is 0.756 e. The molecule has 678 valence electrons. The molecule has 38 atom stereocenters. The number of aliphatic hydroxyl groups is 20. The van der Waals surface area contributed by atoms with Crippen LogP contribution in [-0.4, -0.2) is 382 Å². The lowest BCUT2D eigenvalue weighted by Gasteiger charge is -2.51. The van der Waals surface area contributed by atoms with Crippen LogP contribution in [0.1, 0.15) is 113 Å². The molecule has 0 spiro atoms. The summed E-state index contributed by atoms with van der Waals surface area (Å²) in [5.74, 6) is -2.12. The molecule has 7 heterocycles. The van der Waals surface area contributed by atoms with Gasteiger partial charge in [0.15, 0.2) is 44.0 Å². The maximum absolute atomic E-state index is 13.4. The van der Waals surface area contributed by atoms with Gasteiger partial charge in [0.1, 0.15) is 171 Å². The number of carbonyl (C=O) groups is 2. The van der Waals surface area contributed by atoms with Gasteiger partial charge in [-0.1, -0.05) is 53.5 Å². The van der Waals surface area contributed by atoms with Crippen LogP contribution in [0.2, 0.25) is 0 Å².